The summed E-state index contributed by atoms with van der Waals surface area (Å²) in [6, 6.07) is 7.42. The highest BCUT2D eigenvalue weighted by Crippen LogP contribution is 2.28. The summed E-state index contributed by atoms with van der Waals surface area (Å²) in [5.41, 5.74) is 3.53. The average molecular weight is 368 g/mol. The SMILES string of the molecule is CCCn1c(NC(=O)c2cc(C)nn2CC)nc2c(N(C)C=O)cccc21. The third kappa shape index (κ3) is 3.42. The Hall–Kier alpha value is -3.16. The van der Waals surface area contributed by atoms with Gasteiger partial charge in [0.2, 0.25) is 12.4 Å². The first kappa shape index (κ1) is 18.6. The number of rotatable bonds is 7. The standard InChI is InChI=1S/C19H24N6O2/c1-5-10-24-15-9-7-8-14(23(4)12-26)17(15)20-19(24)21-18(27)16-11-13(3)22-25(16)6-2/h7-9,11-12H,5-6,10H2,1-4H3,(H,20,21,27). The monoisotopic (exact) mass is 368 g/mol. The van der Waals surface area contributed by atoms with Crippen molar-refractivity contribution in [3.05, 3.63) is 35.7 Å². The summed E-state index contributed by atoms with van der Waals surface area (Å²) in [5.74, 6) is 0.209. The first-order valence-electron chi connectivity index (χ1n) is 9.03. The van der Waals surface area contributed by atoms with Crippen molar-refractivity contribution in [2.75, 3.05) is 17.3 Å². The molecule has 8 heteroatoms. The Morgan fingerprint density at radius 3 is 2.78 bits per heavy atom. The molecule has 2 aromatic heterocycles. The van der Waals surface area contributed by atoms with Gasteiger partial charge in [0, 0.05) is 20.1 Å². The number of fused-ring (bicyclic) bond motifs is 1. The predicted octanol–water partition coefficient (Wildman–Crippen LogP) is 2.82. The Kier molecular flexibility index (Phi) is 5.25. The van der Waals surface area contributed by atoms with Crippen LogP contribution < -0.4 is 10.2 Å². The Balaban J connectivity index is 2.06. The van der Waals surface area contributed by atoms with Gasteiger partial charge in [-0.25, -0.2) is 4.98 Å². The molecule has 0 aliphatic heterocycles. The molecule has 0 saturated heterocycles. The molecule has 142 valence electrons. The number of carbonyl (C=O) groups is 2. The Morgan fingerprint density at radius 2 is 2.11 bits per heavy atom. The lowest BCUT2D eigenvalue weighted by Gasteiger charge is -2.11. The fraction of sp³-hybridized carbons (Fsp3) is 0.368. The molecule has 0 aliphatic carbocycles. The summed E-state index contributed by atoms with van der Waals surface area (Å²) in [4.78, 5) is 30.1. The molecule has 8 nitrogen and oxygen atoms in total. The van der Waals surface area contributed by atoms with Crippen LogP contribution in [0.15, 0.2) is 24.3 Å². The summed E-state index contributed by atoms with van der Waals surface area (Å²) in [6.07, 6.45) is 1.63. The number of amides is 2. The van der Waals surface area contributed by atoms with Crippen LogP contribution >= 0.6 is 0 Å². The molecule has 3 aromatic rings. The first-order valence-corrected chi connectivity index (χ1v) is 9.03. The lowest BCUT2D eigenvalue weighted by molar-refractivity contribution is -0.107. The summed E-state index contributed by atoms with van der Waals surface area (Å²) >= 11 is 0. The van der Waals surface area contributed by atoms with E-state index in [-0.39, 0.29) is 5.91 Å². The lowest BCUT2D eigenvalue weighted by Crippen LogP contribution is -2.20. The molecule has 27 heavy (non-hydrogen) atoms. The number of nitrogens with zero attached hydrogens (tertiary/aromatic N) is 5. The van der Waals surface area contributed by atoms with Crippen molar-refractivity contribution in [2.45, 2.75) is 40.3 Å². The Morgan fingerprint density at radius 1 is 1.33 bits per heavy atom. The largest absolute Gasteiger partial charge is 0.316 e. The highest BCUT2D eigenvalue weighted by atomic mass is 16.2. The highest BCUT2D eigenvalue weighted by molar-refractivity contribution is 6.04. The van der Waals surface area contributed by atoms with Gasteiger partial charge in [-0.15, -0.1) is 0 Å². The van der Waals surface area contributed by atoms with Crippen molar-refractivity contribution in [2.24, 2.45) is 0 Å². The molecule has 0 atom stereocenters. The number of para-hydroxylation sites is 1. The quantitative estimate of drug-likeness (QED) is 0.650. The Labute approximate surface area is 157 Å². The first-order chi connectivity index (χ1) is 13.0. The molecule has 3 rings (SSSR count). The van der Waals surface area contributed by atoms with Gasteiger partial charge in [-0.2, -0.15) is 5.10 Å². The number of nitrogens with one attached hydrogen (secondary N) is 1. The smallest absolute Gasteiger partial charge is 0.276 e. The van der Waals surface area contributed by atoms with Crippen molar-refractivity contribution < 1.29 is 9.59 Å². The molecule has 0 saturated carbocycles. The third-order valence-electron chi connectivity index (χ3n) is 4.40. The molecule has 0 radical (unpaired) electrons. The topological polar surface area (TPSA) is 85.1 Å². The highest BCUT2D eigenvalue weighted by Gasteiger charge is 2.19. The molecule has 1 aromatic carbocycles. The van der Waals surface area contributed by atoms with E-state index in [0.29, 0.717) is 35.9 Å². The number of imidazole rings is 1. The summed E-state index contributed by atoms with van der Waals surface area (Å²) in [6.45, 7) is 7.17. The fourth-order valence-electron chi connectivity index (χ4n) is 3.15. The van der Waals surface area contributed by atoms with Crippen molar-refractivity contribution in [1.82, 2.24) is 19.3 Å². The van der Waals surface area contributed by atoms with Crippen molar-refractivity contribution >= 4 is 35.0 Å². The maximum Gasteiger partial charge on any atom is 0.276 e. The summed E-state index contributed by atoms with van der Waals surface area (Å²) in [5, 5.41) is 7.24. The molecule has 2 heterocycles. The lowest BCUT2D eigenvalue weighted by atomic mass is 10.2. The van der Waals surface area contributed by atoms with Gasteiger partial charge in [-0.05, 0) is 38.5 Å². The second kappa shape index (κ2) is 7.61. The molecular formula is C19H24N6O2. The zero-order valence-corrected chi connectivity index (χ0v) is 16.1. The van der Waals surface area contributed by atoms with Crippen LogP contribution in [0.2, 0.25) is 0 Å². The maximum atomic E-state index is 12.8. The molecule has 0 bridgehead atoms. The normalized spacial score (nSPS) is 11.0. The van der Waals surface area contributed by atoms with E-state index in [1.807, 2.05) is 36.6 Å². The van der Waals surface area contributed by atoms with E-state index >= 15 is 0 Å². The van der Waals surface area contributed by atoms with E-state index in [1.54, 1.807) is 17.8 Å². The van der Waals surface area contributed by atoms with Gasteiger partial charge in [-0.3, -0.25) is 19.6 Å². The van der Waals surface area contributed by atoms with E-state index in [9.17, 15) is 9.59 Å². The average Bonchev–Trinajstić information content (AvgIpc) is 3.21. The summed E-state index contributed by atoms with van der Waals surface area (Å²) in [7, 11) is 1.68. The molecular weight excluding hydrogens is 344 g/mol. The van der Waals surface area contributed by atoms with Crippen LogP contribution in [-0.2, 0) is 17.9 Å². The molecule has 0 aliphatic rings. The van der Waals surface area contributed by atoms with E-state index in [2.05, 4.69) is 22.3 Å². The maximum absolute atomic E-state index is 12.8. The minimum absolute atomic E-state index is 0.254. The number of benzene rings is 1. The molecule has 0 unspecified atom stereocenters. The van der Waals surface area contributed by atoms with Gasteiger partial charge in [0.15, 0.2) is 0 Å². The molecule has 2 amide bonds. The second-order valence-corrected chi connectivity index (χ2v) is 6.39. The fourth-order valence-corrected chi connectivity index (χ4v) is 3.15. The van der Waals surface area contributed by atoms with E-state index < -0.39 is 0 Å². The van der Waals surface area contributed by atoms with Crippen LogP contribution in [0.25, 0.3) is 11.0 Å². The number of hydrogen-bond acceptors (Lipinski definition) is 4. The van der Waals surface area contributed by atoms with Gasteiger partial charge in [0.1, 0.15) is 11.2 Å². The number of aromatic nitrogens is 4. The predicted molar refractivity (Wildman–Crippen MR) is 105 cm³/mol. The van der Waals surface area contributed by atoms with Crippen molar-refractivity contribution in [1.29, 1.82) is 0 Å². The number of hydrogen-bond donors (Lipinski definition) is 1. The second-order valence-electron chi connectivity index (χ2n) is 6.39. The minimum Gasteiger partial charge on any atom is -0.316 e. The van der Waals surface area contributed by atoms with Crippen LogP contribution in [0.3, 0.4) is 0 Å². The van der Waals surface area contributed by atoms with Gasteiger partial charge < -0.3 is 9.47 Å². The zero-order chi connectivity index (χ0) is 19.6. The van der Waals surface area contributed by atoms with E-state index in [0.717, 1.165) is 24.0 Å². The van der Waals surface area contributed by atoms with Crippen LogP contribution in [0.4, 0.5) is 11.6 Å². The third-order valence-corrected chi connectivity index (χ3v) is 4.40. The van der Waals surface area contributed by atoms with Crippen LogP contribution in [-0.4, -0.2) is 38.7 Å². The van der Waals surface area contributed by atoms with Crippen LogP contribution in [0.5, 0.6) is 0 Å². The van der Waals surface area contributed by atoms with Gasteiger partial charge in [0.25, 0.3) is 5.91 Å². The van der Waals surface area contributed by atoms with Gasteiger partial charge >= 0.3 is 0 Å². The number of carbonyl (C=O) groups excluding carboxylic acids is 2. The molecule has 0 fully saturated rings. The van der Waals surface area contributed by atoms with E-state index in [1.165, 1.54) is 4.90 Å². The van der Waals surface area contributed by atoms with Crippen molar-refractivity contribution in [3.63, 3.8) is 0 Å². The number of anilines is 2. The molecule has 0 spiro atoms. The van der Waals surface area contributed by atoms with E-state index in [4.69, 9.17) is 0 Å². The van der Waals surface area contributed by atoms with Crippen LogP contribution in [0.1, 0.15) is 36.5 Å². The van der Waals surface area contributed by atoms with Crippen molar-refractivity contribution in [3.8, 4) is 0 Å². The number of aryl methyl sites for hydroxylation is 3. The summed E-state index contributed by atoms with van der Waals surface area (Å²) < 4.78 is 3.64. The van der Waals surface area contributed by atoms with Crippen LogP contribution in [0, 0.1) is 6.92 Å². The zero-order valence-electron chi connectivity index (χ0n) is 16.1. The molecule has 1 N–H and O–H groups in total. The Bertz CT molecular complexity index is 988. The van der Waals surface area contributed by atoms with Gasteiger partial charge in [-0.1, -0.05) is 13.0 Å². The minimum atomic E-state index is -0.254. The van der Waals surface area contributed by atoms with Gasteiger partial charge in [0.05, 0.1) is 16.9 Å².